The molecule has 1 heterocycles. The van der Waals surface area contributed by atoms with Gasteiger partial charge >= 0.3 is 0 Å². The summed E-state index contributed by atoms with van der Waals surface area (Å²) < 4.78 is 7.12. The third-order valence-corrected chi connectivity index (χ3v) is 6.89. The van der Waals surface area contributed by atoms with Gasteiger partial charge in [0.1, 0.15) is 5.75 Å². The first kappa shape index (κ1) is 23.4. The number of hydrogen-bond acceptors (Lipinski definition) is 5. The van der Waals surface area contributed by atoms with Gasteiger partial charge in [-0.15, -0.1) is 0 Å². The van der Waals surface area contributed by atoms with Gasteiger partial charge in [-0.1, -0.05) is 56.0 Å². The number of ether oxygens (including phenoxy) is 1. The van der Waals surface area contributed by atoms with Crippen molar-refractivity contribution in [2.45, 2.75) is 63.1 Å². The van der Waals surface area contributed by atoms with E-state index in [9.17, 15) is 9.59 Å². The number of rotatable bonds is 7. The first-order valence-electron chi connectivity index (χ1n) is 11.8. The van der Waals surface area contributed by atoms with E-state index in [4.69, 9.17) is 9.72 Å². The Balaban J connectivity index is 1.57. The monoisotopic (exact) mass is 465 g/mol. The molecular formula is C26H31N3O3S. The number of aromatic nitrogens is 2. The van der Waals surface area contributed by atoms with Crippen molar-refractivity contribution in [1.82, 2.24) is 14.9 Å². The normalized spacial score (nSPS) is 15.1. The number of para-hydroxylation sites is 1. The molecule has 7 heteroatoms. The molecule has 1 aromatic heterocycles. The Morgan fingerprint density at radius 3 is 2.48 bits per heavy atom. The third kappa shape index (κ3) is 5.96. The van der Waals surface area contributed by atoms with Gasteiger partial charge in [0.25, 0.3) is 5.56 Å². The summed E-state index contributed by atoms with van der Waals surface area (Å²) in [6.07, 6.45) is 8.21. The predicted molar refractivity (Wildman–Crippen MR) is 133 cm³/mol. The minimum absolute atomic E-state index is 0.00813. The van der Waals surface area contributed by atoms with Crippen LogP contribution < -0.4 is 15.6 Å². The zero-order chi connectivity index (χ0) is 23.0. The molecule has 4 rings (SSSR count). The van der Waals surface area contributed by atoms with Gasteiger partial charge in [0.2, 0.25) is 5.91 Å². The first-order chi connectivity index (χ1) is 16.2. The second-order valence-corrected chi connectivity index (χ2v) is 9.32. The number of amides is 1. The maximum atomic E-state index is 13.4. The van der Waals surface area contributed by atoms with Crippen molar-refractivity contribution in [1.29, 1.82) is 0 Å². The SMILES string of the molecule is CCOc1ccc(-n2c(SCC(=O)NC3CCCCCCC3)nc3ccccc3c2=O)cc1. The van der Waals surface area contributed by atoms with Crippen molar-refractivity contribution >= 4 is 28.6 Å². The molecule has 0 saturated heterocycles. The van der Waals surface area contributed by atoms with Crippen LogP contribution in [0.15, 0.2) is 58.5 Å². The molecule has 1 N–H and O–H groups in total. The van der Waals surface area contributed by atoms with Crippen LogP contribution in [0.25, 0.3) is 16.6 Å². The molecule has 0 unspecified atom stereocenters. The maximum Gasteiger partial charge on any atom is 0.266 e. The largest absolute Gasteiger partial charge is 0.494 e. The van der Waals surface area contributed by atoms with E-state index in [2.05, 4.69) is 5.32 Å². The van der Waals surface area contributed by atoms with E-state index < -0.39 is 0 Å². The summed E-state index contributed by atoms with van der Waals surface area (Å²) in [6, 6.07) is 14.9. The molecule has 0 aliphatic heterocycles. The molecular weight excluding hydrogens is 434 g/mol. The molecule has 0 bridgehead atoms. The first-order valence-corrected chi connectivity index (χ1v) is 12.8. The highest BCUT2D eigenvalue weighted by molar-refractivity contribution is 7.99. The molecule has 6 nitrogen and oxygen atoms in total. The molecule has 0 atom stereocenters. The van der Waals surface area contributed by atoms with Crippen LogP contribution in [0.5, 0.6) is 5.75 Å². The molecule has 1 aliphatic rings. The van der Waals surface area contributed by atoms with Crippen LogP contribution in [-0.4, -0.2) is 33.9 Å². The van der Waals surface area contributed by atoms with E-state index in [1.807, 2.05) is 49.4 Å². The lowest BCUT2D eigenvalue weighted by Gasteiger charge is -2.21. The van der Waals surface area contributed by atoms with Crippen LogP contribution in [0.1, 0.15) is 51.9 Å². The van der Waals surface area contributed by atoms with Crippen LogP contribution in [0.2, 0.25) is 0 Å². The number of carbonyl (C=O) groups excluding carboxylic acids is 1. The third-order valence-electron chi connectivity index (χ3n) is 5.95. The zero-order valence-corrected chi connectivity index (χ0v) is 19.9. The molecule has 0 radical (unpaired) electrons. The van der Waals surface area contributed by atoms with Gasteiger partial charge in [0.15, 0.2) is 5.16 Å². The minimum atomic E-state index is -0.146. The molecule has 2 aromatic carbocycles. The van der Waals surface area contributed by atoms with Gasteiger partial charge in [0.05, 0.1) is 29.0 Å². The zero-order valence-electron chi connectivity index (χ0n) is 19.1. The van der Waals surface area contributed by atoms with E-state index in [1.165, 1.54) is 43.9 Å². The molecule has 0 spiro atoms. The fourth-order valence-electron chi connectivity index (χ4n) is 4.29. The van der Waals surface area contributed by atoms with Crippen molar-refractivity contribution in [2.24, 2.45) is 0 Å². The number of nitrogens with one attached hydrogen (secondary N) is 1. The quantitative estimate of drug-likeness (QED) is 0.388. The lowest BCUT2D eigenvalue weighted by Crippen LogP contribution is -2.36. The fraction of sp³-hybridized carbons (Fsp3) is 0.423. The Bertz CT molecular complexity index is 1140. The molecule has 3 aromatic rings. The Morgan fingerprint density at radius 1 is 1.06 bits per heavy atom. The summed E-state index contributed by atoms with van der Waals surface area (Å²) in [6.45, 7) is 2.51. The fourth-order valence-corrected chi connectivity index (χ4v) is 5.12. The van der Waals surface area contributed by atoms with Gasteiger partial charge in [-0.3, -0.25) is 14.2 Å². The second kappa shape index (κ2) is 11.4. The highest BCUT2D eigenvalue weighted by atomic mass is 32.2. The lowest BCUT2D eigenvalue weighted by atomic mass is 9.97. The van der Waals surface area contributed by atoms with Crippen LogP contribution in [0, 0.1) is 0 Å². The topological polar surface area (TPSA) is 73.2 Å². The summed E-state index contributed by atoms with van der Waals surface area (Å²) in [5.74, 6) is 0.959. The molecule has 1 aliphatic carbocycles. The van der Waals surface area contributed by atoms with Crippen molar-refractivity contribution in [3.05, 3.63) is 58.9 Å². The number of thioether (sulfide) groups is 1. The van der Waals surface area contributed by atoms with Gasteiger partial charge in [-0.25, -0.2) is 4.98 Å². The summed E-state index contributed by atoms with van der Waals surface area (Å²) in [5, 5.41) is 4.26. The Kier molecular flexibility index (Phi) is 8.05. The summed E-state index contributed by atoms with van der Waals surface area (Å²) in [4.78, 5) is 30.8. The van der Waals surface area contributed by atoms with Crippen LogP contribution in [0.4, 0.5) is 0 Å². The van der Waals surface area contributed by atoms with Crippen LogP contribution in [-0.2, 0) is 4.79 Å². The van der Waals surface area contributed by atoms with Gasteiger partial charge < -0.3 is 10.1 Å². The minimum Gasteiger partial charge on any atom is -0.494 e. The smallest absolute Gasteiger partial charge is 0.266 e. The number of carbonyl (C=O) groups is 1. The number of nitrogens with zero attached hydrogens (tertiary/aromatic N) is 2. The highest BCUT2D eigenvalue weighted by Gasteiger charge is 2.17. The summed E-state index contributed by atoms with van der Waals surface area (Å²) in [7, 11) is 0. The Labute approximate surface area is 198 Å². The van der Waals surface area contributed by atoms with E-state index in [-0.39, 0.29) is 23.3 Å². The molecule has 1 saturated carbocycles. The number of benzene rings is 2. The van der Waals surface area contributed by atoms with Crippen molar-refractivity contribution in [3.63, 3.8) is 0 Å². The molecule has 33 heavy (non-hydrogen) atoms. The Hall–Kier alpha value is -2.80. The van der Waals surface area contributed by atoms with E-state index >= 15 is 0 Å². The number of fused-ring (bicyclic) bond motifs is 1. The van der Waals surface area contributed by atoms with Crippen molar-refractivity contribution in [3.8, 4) is 11.4 Å². The molecule has 174 valence electrons. The average Bonchev–Trinajstić information content (AvgIpc) is 2.80. The molecule has 1 fully saturated rings. The summed E-state index contributed by atoms with van der Waals surface area (Å²) >= 11 is 1.30. The van der Waals surface area contributed by atoms with E-state index in [1.54, 1.807) is 10.6 Å². The average molecular weight is 466 g/mol. The van der Waals surface area contributed by atoms with Gasteiger partial charge in [0, 0.05) is 6.04 Å². The maximum absolute atomic E-state index is 13.4. The van der Waals surface area contributed by atoms with Crippen molar-refractivity contribution < 1.29 is 9.53 Å². The summed E-state index contributed by atoms with van der Waals surface area (Å²) in [5.41, 5.74) is 1.19. The Morgan fingerprint density at radius 2 is 1.76 bits per heavy atom. The predicted octanol–water partition coefficient (Wildman–Crippen LogP) is 5.11. The van der Waals surface area contributed by atoms with E-state index in [0.29, 0.717) is 28.4 Å². The van der Waals surface area contributed by atoms with Crippen LogP contribution >= 0.6 is 11.8 Å². The van der Waals surface area contributed by atoms with Gasteiger partial charge in [-0.2, -0.15) is 0 Å². The standard InChI is InChI=1S/C26H31N3O3S/c1-2-32-21-16-14-20(15-17-21)29-25(31)22-12-8-9-13-23(22)28-26(29)33-18-24(30)27-19-10-6-4-3-5-7-11-19/h8-9,12-17,19H,2-7,10-11,18H2,1H3,(H,27,30). The van der Waals surface area contributed by atoms with Crippen LogP contribution in [0.3, 0.4) is 0 Å². The van der Waals surface area contributed by atoms with E-state index in [0.717, 1.165) is 18.6 Å². The molecule has 1 amide bonds. The lowest BCUT2D eigenvalue weighted by molar-refractivity contribution is -0.119. The second-order valence-electron chi connectivity index (χ2n) is 8.38. The van der Waals surface area contributed by atoms with Crippen molar-refractivity contribution in [2.75, 3.05) is 12.4 Å². The number of hydrogen-bond donors (Lipinski definition) is 1. The van der Waals surface area contributed by atoms with Gasteiger partial charge in [-0.05, 0) is 56.2 Å². The highest BCUT2D eigenvalue weighted by Crippen LogP contribution is 2.23.